The van der Waals surface area contributed by atoms with Crippen LogP contribution in [0.15, 0.2) is 90.1 Å². The molecule has 2 N–H and O–H groups in total. The van der Waals surface area contributed by atoms with Gasteiger partial charge in [0.2, 0.25) is 11.1 Å². The number of para-hydroxylation sites is 1. The maximum Gasteiger partial charge on any atom is 0.387 e. The zero-order valence-corrected chi connectivity index (χ0v) is 18.7. The molecule has 0 fully saturated rings. The Labute approximate surface area is 199 Å². The Balaban J connectivity index is 1.46. The minimum atomic E-state index is -2.90. The van der Waals surface area contributed by atoms with Crippen molar-refractivity contribution in [3.8, 4) is 17.1 Å². The molecule has 4 aromatic rings. The van der Waals surface area contributed by atoms with Gasteiger partial charge in [-0.15, -0.1) is 10.2 Å². The molecule has 3 aromatic carbocycles. The molecule has 10 heteroatoms. The first-order valence-corrected chi connectivity index (χ1v) is 11.3. The summed E-state index contributed by atoms with van der Waals surface area (Å²) in [6, 6.07) is 25.1. The predicted octanol–water partition coefficient (Wildman–Crippen LogP) is 4.59. The number of rotatable bonds is 9. The lowest BCUT2D eigenvalue weighted by Gasteiger charge is -2.23. The Morgan fingerprint density at radius 3 is 2.26 bits per heavy atom. The number of benzene rings is 3. The summed E-state index contributed by atoms with van der Waals surface area (Å²) in [6.45, 7) is -2.47. The number of anilines is 1. The van der Waals surface area contributed by atoms with Gasteiger partial charge in [0.1, 0.15) is 5.75 Å². The van der Waals surface area contributed by atoms with Crippen molar-refractivity contribution in [3.05, 3.63) is 90.5 Å². The van der Waals surface area contributed by atoms with Gasteiger partial charge >= 0.3 is 6.61 Å². The lowest BCUT2D eigenvalue weighted by Crippen LogP contribution is -2.32. The van der Waals surface area contributed by atoms with Crippen LogP contribution in [0, 0.1) is 0 Å². The minimum absolute atomic E-state index is 0.0291. The Kier molecular flexibility index (Phi) is 7.38. The van der Waals surface area contributed by atoms with Crippen LogP contribution in [-0.4, -0.2) is 33.1 Å². The Morgan fingerprint density at radius 2 is 1.62 bits per heavy atom. The van der Waals surface area contributed by atoms with Crippen molar-refractivity contribution < 1.29 is 18.3 Å². The third kappa shape index (κ3) is 5.70. The van der Waals surface area contributed by atoms with Gasteiger partial charge in [-0.1, -0.05) is 60.3 Å². The highest BCUT2D eigenvalue weighted by molar-refractivity contribution is 7.99. The molecule has 0 radical (unpaired) electrons. The fraction of sp³-hybridized carbons (Fsp3) is 0.125. The summed E-state index contributed by atoms with van der Waals surface area (Å²) in [7, 11) is 0. The number of hydrogen-bond donors (Lipinski definition) is 1. The largest absolute Gasteiger partial charge is 0.435 e. The summed E-state index contributed by atoms with van der Waals surface area (Å²) in [4.78, 5) is 14.9. The monoisotopic (exact) mass is 481 g/mol. The van der Waals surface area contributed by atoms with Crippen molar-refractivity contribution in [3.63, 3.8) is 0 Å². The minimum Gasteiger partial charge on any atom is -0.435 e. The van der Waals surface area contributed by atoms with Gasteiger partial charge in [0, 0.05) is 11.3 Å². The molecular weight excluding hydrogens is 460 g/mol. The van der Waals surface area contributed by atoms with Crippen LogP contribution in [0.1, 0.15) is 5.56 Å². The molecule has 0 aliphatic rings. The van der Waals surface area contributed by atoms with Crippen molar-refractivity contribution in [1.29, 1.82) is 0 Å². The molecule has 0 spiro atoms. The number of halogens is 2. The number of nitrogens with zero attached hydrogens (tertiary/aromatic N) is 4. The molecule has 1 heterocycles. The highest BCUT2D eigenvalue weighted by atomic mass is 32.2. The molecule has 4 rings (SSSR count). The van der Waals surface area contributed by atoms with Crippen LogP contribution >= 0.6 is 11.8 Å². The van der Waals surface area contributed by atoms with Crippen LogP contribution in [0.25, 0.3) is 11.4 Å². The van der Waals surface area contributed by atoms with Crippen LogP contribution in [0.4, 0.5) is 14.5 Å². The summed E-state index contributed by atoms with van der Waals surface area (Å²) in [6.07, 6.45) is 0. The van der Waals surface area contributed by atoms with Gasteiger partial charge in [-0.05, 0) is 42.0 Å². The van der Waals surface area contributed by atoms with E-state index in [0.29, 0.717) is 23.1 Å². The van der Waals surface area contributed by atoms with E-state index in [9.17, 15) is 13.6 Å². The lowest BCUT2D eigenvalue weighted by molar-refractivity contribution is -0.116. The summed E-state index contributed by atoms with van der Waals surface area (Å²) < 4.78 is 30.3. The van der Waals surface area contributed by atoms with E-state index in [1.807, 2.05) is 60.7 Å². The summed E-state index contributed by atoms with van der Waals surface area (Å²) in [5, 5.41) is 8.51. The molecule has 7 nitrogen and oxygen atoms in total. The van der Waals surface area contributed by atoms with Gasteiger partial charge in [-0.3, -0.25) is 4.79 Å². The average molecular weight is 482 g/mol. The molecule has 0 atom stereocenters. The van der Waals surface area contributed by atoms with Crippen LogP contribution in [0.5, 0.6) is 5.75 Å². The lowest BCUT2D eigenvalue weighted by atomic mass is 10.2. The van der Waals surface area contributed by atoms with Crippen molar-refractivity contribution in [1.82, 2.24) is 14.9 Å². The quantitative estimate of drug-likeness (QED) is 0.278. The van der Waals surface area contributed by atoms with Crippen molar-refractivity contribution in [2.45, 2.75) is 18.3 Å². The van der Waals surface area contributed by atoms with Gasteiger partial charge in [-0.25, -0.2) is 4.68 Å². The van der Waals surface area contributed by atoms with E-state index >= 15 is 0 Å². The molecule has 0 aliphatic heterocycles. The first-order valence-electron chi connectivity index (χ1n) is 10.3. The van der Waals surface area contributed by atoms with Gasteiger partial charge in [-0.2, -0.15) is 8.78 Å². The number of alkyl halides is 2. The van der Waals surface area contributed by atoms with E-state index in [0.717, 1.165) is 11.3 Å². The SMILES string of the molecule is Nn1c(SCC(=O)N(Cc2ccccc2)c2ccccc2)nnc1-c1ccc(OC(F)F)cc1. The average Bonchev–Trinajstić information content (AvgIpc) is 3.22. The normalized spacial score (nSPS) is 10.9. The fourth-order valence-electron chi connectivity index (χ4n) is 3.26. The maximum absolute atomic E-state index is 13.2. The van der Waals surface area contributed by atoms with E-state index < -0.39 is 6.61 Å². The first kappa shape index (κ1) is 23.2. The number of nitrogen functional groups attached to an aromatic ring is 1. The fourth-order valence-corrected chi connectivity index (χ4v) is 3.99. The van der Waals surface area contributed by atoms with E-state index in [4.69, 9.17) is 5.84 Å². The smallest absolute Gasteiger partial charge is 0.387 e. The number of ether oxygens (including phenoxy) is 1. The van der Waals surface area contributed by atoms with Crippen LogP contribution in [0.2, 0.25) is 0 Å². The van der Waals surface area contributed by atoms with Crippen molar-refractivity contribution in [2.75, 3.05) is 16.5 Å². The Bertz CT molecular complexity index is 1220. The molecule has 34 heavy (non-hydrogen) atoms. The number of amides is 1. The second-order valence-electron chi connectivity index (χ2n) is 7.17. The molecule has 174 valence electrons. The Hall–Kier alpha value is -3.92. The summed E-state index contributed by atoms with van der Waals surface area (Å²) in [5.41, 5.74) is 2.37. The second kappa shape index (κ2) is 10.8. The van der Waals surface area contributed by atoms with Crippen LogP contribution in [-0.2, 0) is 11.3 Å². The maximum atomic E-state index is 13.2. The van der Waals surface area contributed by atoms with E-state index in [1.165, 1.54) is 28.6 Å². The highest BCUT2D eigenvalue weighted by Crippen LogP contribution is 2.25. The molecular formula is C24H21F2N5O2S. The van der Waals surface area contributed by atoms with Gasteiger partial charge in [0.05, 0.1) is 12.3 Å². The summed E-state index contributed by atoms with van der Waals surface area (Å²) >= 11 is 1.17. The second-order valence-corrected chi connectivity index (χ2v) is 8.11. The van der Waals surface area contributed by atoms with E-state index in [1.54, 1.807) is 17.0 Å². The van der Waals surface area contributed by atoms with E-state index in [-0.39, 0.29) is 17.4 Å². The van der Waals surface area contributed by atoms with Gasteiger partial charge in [0.15, 0.2) is 5.82 Å². The first-order chi connectivity index (χ1) is 16.5. The van der Waals surface area contributed by atoms with Crippen molar-refractivity contribution >= 4 is 23.4 Å². The van der Waals surface area contributed by atoms with Crippen LogP contribution < -0.4 is 15.5 Å². The number of nitrogens with two attached hydrogens (primary N) is 1. The van der Waals surface area contributed by atoms with Gasteiger partial charge in [0.25, 0.3) is 0 Å². The molecule has 0 bridgehead atoms. The number of hydrogen-bond acceptors (Lipinski definition) is 6. The zero-order chi connectivity index (χ0) is 23.9. The zero-order valence-electron chi connectivity index (χ0n) is 17.9. The third-order valence-corrected chi connectivity index (χ3v) is 5.81. The van der Waals surface area contributed by atoms with Gasteiger partial charge < -0.3 is 15.5 Å². The number of aromatic nitrogens is 3. The Morgan fingerprint density at radius 1 is 0.971 bits per heavy atom. The molecule has 1 aromatic heterocycles. The topological polar surface area (TPSA) is 86.3 Å². The molecule has 0 unspecified atom stereocenters. The third-order valence-electron chi connectivity index (χ3n) is 4.88. The number of carbonyl (C=O) groups excluding carboxylic acids is 1. The highest BCUT2D eigenvalue weighted by Gasteiger charge is 2.19. The summed E-state index contributed by atoms with van der Waals surface area (Å²) in [5.74, 6) is 6.49. The predicted molar refractivity (Wildman–Crippen MR) is 127 cm³/mol. The number of thioether (sulfide) groups is 1. The molecule has 0 saturated carbocycles. The van der Waals surface area contributed by atoms with E-state index in [2.05, 4.69) is 14.9 Å². The molecule has 0 aliphatic carbocycles. The number of carbonyl (C=O) groups is 1. The molecule has 0 saturated heterocycles. The standard InChI is InChI=1S/C24H21F2N5O2S/c25-23(26)33-20-13-11-18(12-14-20)22-28-29-24(31(22)27)34-16-21(32)30(19-9-5-2-6-10-19)15-17-7-3-1-4-8-17/h1-14,23H,15-16,27H2. The van der Waals surface area contributed by atoms with Crippen LogP contribution in [0.3, 0.4) is 0 Å². The van der Waals surface area contributed by atoms with Crippen molar-refractivity contribution in [2.24, 2.45) is 0 Å². The molecule has 1 amide bonds.